The van der Waals surface area contributed by atoms with E-state index in [1.54, 1.807) is 6.07 Å². The number of amides is 1. The van der Waals surface area contributed by atoms with Crippen LogP contribution >= 0.6 is 11.3 Å². The lowest BCUT2D eigenvalue weighted by molar-refractivity contribution is -0.137. The summed E-state index contributed by atoms with van der Waals surface area (Å²) in [6.45, 7) is 3.80. The van der Waals surface area contributed by atoms with Crippen LogP contribution in [0.3, 0.4) is 0 Å². The number of para-hydroxylation sites is 1. The highest BCUT2D eigenvalue weighted by atomic mass is 32.1. The molecule has 0 spiro atoms. The van der Waals surface area contributed by atoms with Crippen molar-refractivity contribution >= 4 is 33.5 Å². The molecule has 1 amide bonds. The standard InChI is InChI=1S/C27H25F4N3O3S/c1-15(16-4-3-10-36-11-9-16)12-18-14-38-26(32-18)34-24(35)20-5-2-6-22-23(20)33-25(37-22)19-8-7-17(28)13-21(19)27(29,30)31/h2,5-8,13-16H,3-4,9-12H2,1H3,(H,32,34,35). The normalized spacial score (nSPS) is 17.3. The molecule has 5 rings (SSSR count). The SMILES string of the molecule is CC(Cc1csc(NC(=O)c2cccc3oc(-c4ccc(F)cc4C(F)(F)F)nc23)n1)C1CCCOCC1. The minimum Gasteiger partial charge on any atom is -0.436 e. The second kappa shape index (κ2) is 10.8. The highest BCUT2D eigenvalue weighted by Gasteiger charge is 2.35. The van der Waals surface area contributed by atoms with E-state index >= 15 is 0 Å². The predicted octanol–water partition coefficient (Wildman–Crippen LogP) is 7.36. The minimum absolute atomic E-state index is 0.0958. The number of oxazole rings is 1. The molecule has 2 aromatic carbocycles. The van der Waals surface area contributed by atoms with Crippen molar-refractivity contribution in [2.75, 3.05) is 18.5 Å². The summed E-state index contributed by atoms with van der Waals surface area (Å²) in [6, 6.07) is 6.81. The number of aromatic nitrogens is 2. The number of hydrogen-bond acceptors (Lipinski definition) is 6. The van der Waals surface area contributed by atoms with Crippen LogP contribution in [0.25, 0.3) is 22.6 Å². The lowest BCUT2D eigenvalue weighted by atomic mass is 9.85. The van der Waals surface area contributed by atoms with Crippen LogP contribution < -0.4 is 5.32 Å². The number of ether oxygens (including phenoxy) is 1. The van der Waals surface area contributed by atoms with E-state index in [9.17, 15) is 22.4 Å². The molecular weight excluding hydrogens is 522 g/mol. The summed E-state index contributed by atoms with van der Waals surface area (Å²) < 4.78 is 65.2. The summed E-state index contributed by atoms with van der Waals surface area (Å²) in [5.74, 6) is -0.909. The largest absolute Gasteiger partial charge is 0.436 e. The summed E-state index contributed by atoms with van der Waals surface area (Å²) in [7, 11) is 0. The van der Waals surface area contributed by atoms with Gasteiger partial charge in [-0.1, -0.05) is 13.0 Å². The van der Waals surface area contributed by atoms with Gasteiger partial charge in [-0.15, -0.1) is 11.3 Å². The fourth-order valence-electron chi connectivity index (χ4n) is 4.80. The molecule has 0 radical (unpaired) electrons. The number of benzene rings is 2. The van der Waals surface area contributed by atoms with Gasteiger partial charge in [0.05, 0.1) is 16.8 Å². The summed E-state index contributed by atoms with van der Waals surface area (Å²) >= 11 is 1.31. The van der Waals surface area contributed by atoms with Crippen molar-refractivity contribution in [1.82, 2.24) is 9.97 Å². The first-order chi connectivity index (χ1) is 18.2. The average molecular weight is 548 g/mol. The van der Waals surface area contributed by atoms with E-state index in [2.05, 4.69) is 22.2 Å². The maximum Gasteiger partial charge on any atom is 0.417 e. The fourth-order valence-corrected chi connectivity index (χ4v) is 5.52. The molecule has 200 valence electrons. The topological polar surface area (TPSA) is 77.3 Å². The fraction of sp³-hybridized carbons (Fsp3) is 0.370. The van der Waals surface area contributed by atoms with Crippen LogP contribution in [-0.4, -0.2) is 29.1 Å². The molecule has 1 aliphatic rings. The second-order valence-corrected chi connectivity index (χ2v) is 10.3. The van der Waals surface area contributed by atoms with E-state index in [0.29, 0.717) is 23.0 Å². The Morgan fingerprint density at radius 2 is 2.03 bits per heavy atom. The smallest absolute Gasteiger partial charge is 0.417 e. The minimum atomic E-state index is -4.82. The van der Waals surface area contributed by atoms with E-state index in [1.807, 2.05) is 5.38 Å². The van der Waals surface area contributed by atoms with Gasteiger partial charge in [-0.3, -0.25) is 10.1 Å². The Hall–Kier alpha value is -3.31. The lowest BCUT2D eigenvalue weighted by Gasteiger charge is -2.20. The van der Waals surface area contributed by atoms with Crippen LogP contribution in [-0.2, 0) is 17.3 Å². The van der Waals surface area contributed by atoms with Crippen LogP contribution in [0.15, 0.2) is 46.2 Å². The molecule has 1 fully saturated rings. The van der Waals surface area contributed by atoms with Crippen LogP contribution in [0.1, 0.15) is 47.8 Å². The van der Waals surface area contributed by atoms with Crippen molar-refractivity contribution in [3.05, 3.63) is 64.4 Å². The van der Waals surface area contributed by atoms with Gasteiger partial charge in [-0.25, -0.2) is 14.4 Å². The molecular formula is C27H25F4N3O3S. The lowest BCUT2D eigenvalue weighted by Crippen LogP contribution is -2.15. The zero-order chi connectivity index (χ0) is 26.9. The quantitative estimate of drug-likeness (QED) is 0.255. The summed E-state index contributed by atoms with van der Waals surface area (Å²) in [5, 5.41) is 5.10. The molecule has 1 saturated heterocycles. The Kier molecular flexibility index (Phi) is 7.49. The third-order valence-corrected chi connectivity index (χ3v) is 7.59. The summed E-state index contributed by atoms with van der Waals surface area (Å²) in [5.41, 5.74) is -0.390. The molecule has 38 heavy (non-hydrogen) atoms. The maximum atomic E-state index is 13.5. The molecule has 0 aliphatic carbocycles. The van der Waals surface area contributed by atoms with E-state index in [0.717, 1.165) is 56.7 Å². The Bertz CT molecular complexity index is 1440. The van der Waals surface area contributed by atoms with Gasteiger partial charge in [-0.2, -0.15) is 13.2 Å². The van der Waals surface area contributed by atoms with Crippen molar-refractivity contribution in [3.8, 4) is 11.5 Å². The van der Waals surface area contributed by atoms with Gasteiger partial charge in [0, 0.05) is 24.2 Å². The number of carbonyl (C=O) groups is 1. The number of rotatable bonds is 6. The molecule has 2 unspecified atom stereocenters. The molecule has 2 atom stereocenters. The van der Waals surface area contributed by atoms with E-state index < -0.39 is 29.0 Å². The molecule has 0 saturated carbocycles. The highest BCUT2D eigenvalue weighted by Crippen LogP contribution is 2.38. The third-order valence-electron chi connectivity index (χ3n) is 6.79. The molecule has 6 nitrogen and oxygen atoms in total. The zero-order valence-electron chi connectivity index (χ0n) is 20.5. The van der Waals surface area contributed by atoms with Crippen molar-refractivity contribution in [2.45, 2.75) is 38.8 Å². The predicted molar refractivity (Wildman–Crippen MR) is 136 cm³/mol. The Balaban J connectivity index is 1.35. The Morgan fingerprint density at radius 1 is 1.18 bits per heavy atom. The first kappa shape index (κ1) is 26.3. The van der Waals surface area contributed by atoms with Crippen LogP contribution in [0.5, 0.6) is 0 Å². The van der Waals surface area contributed by atoms with Gasteiger partial charge in [-0.05, 0) is 67.9 Å². The van der Waals surface area contributed by atoms with Crippen molar-refractivity contribution in [2.24, 2.45) is 11.8 Å². The number of hydrogen-bond donors (Lipinski definition) is 1. The molecule has 0 bridgehead atoms. The van der Waals surface area contributed by atoms with Crippen molar-refractivity contribution in [3.63, 3.8) is 0 Å². The molecule has 4 aromatic rings. The number of carbonyl (C=O) groups excluding carboxylic acids is 1. The van der Waals surface area contributed by atoms with Crippen molar-refractivity contribution < 1.29 is 31.5 Å². The van der Waals surface area contributed by atoms with Crippen LogP contribution in [0.4, 0.5) is 22.7 Å². The number of nitrogens with zero attached hydrogens (tertiary/aromatic N) is 2. The number of thiazole rings is 1. The molecule has 2 aromatic heterocycles. The number of halogens is 4. The molecule has 3 heterocycles. The van der Waals surface area contributed by atoms with Gasteiger partial charge in [0.15, 0.2) is 10.7 Å². The van der Waals surface area contributed by atoms with Crippen LogP contribution in [0, 0.1) is 17.7 Å². The highest BCUT2D eigenvalue weighted by molar-refractivity contribution is 7.14. The third kappa shape index (κ3) is 5.73. The van der Waals surface area contributed by atoms with Gasteiger partial charge < -0.3 is 9.15 Å². The monoisotopic (exact) mass is 547 g/mol. The van der Waals surface area contributed by atoms with Gasteiger partial charge in [0.1, 0.15) is 11.3 Å². The first-order valence-electron chi connectivity index (χ1n) is 12.3. The number of alkyl halides is 3. The van der Waals surface area contributed by atoms with E-state index in [4.69, 9.17) is 9.15 Å². The molecule has 11 heteroatoms. The van der Waals surface area contributed by atoms with Gasteiger partial charge >= 0.3 is 6.18 Å². The molecule has 1 N–H and O–H groups in total. The average Bonchev–Trinajstić information content (AvgIpc) is 3.40. The first-order valence-corrected chi connectivity index (χ1v) is 13.2. The number of fused-ring (bicyclic) bond motifs is 1. The van der Waals surface area contributed by atoms with Gasteiger partial charge in [0.25, 0.3) is 5.91 Å². The molecule has 1 aliphatic heterocycles. The van der Waals surface area contributed by atoms with E-state index in [1.165, 1.54) is 23.5 Å². The summed E-state index contributed by atoms with van der Waals surface area (Å²) in [4.78, 5) is 21.8. The number of nitrogens with one attached hydrogen (secondary N) is 1. The number of anilines is 1. The van der Waals surface area contributed by atoms with Gasteiger partial charge in [0.2, 0.25) is 5.89 Å². The maximum absolute atomic E-state index is 13.5. The second-order valence-electron chi connectivity index (χ2n) is 9.44. The van der Waals surface area contributed by atoms with Crippen LogP contribution in [0.2, 0.25) is 0 Å². The Labute approximate surface area is 220 Å². The van der Waals surface area contributed by atoms with E-state index in [-0.39, 0.29) is 22.6 Å². The summed E-state index contributed by atoms with van der Waals surface area (Å²) in [6.07, 6.45) is -0.815. The van der Waals surface area contributed by atoms with Crippen molar-refractivity contribution in [1.29, 1.82) is 0 Å². The Morgan fingerprint density at radius 3 is 2.84 bits per heavy atom. The zero-order valence-corrected chi connectivity index (χ0v) is 21.3.